The third-order valence-corrected chi connectivity index (χ3v) is 4.08. The highest BCUT2D eigenvalue weighted by Crippen LogP contribution is 2.23. The van der Waals surface area contributed by atoms with Crippen molar-refractivity contribution in [2.75, 3.05) is 18.0 Å². The first-order chi connectivity index (χ1) is 11.7. The van der Waals surface area contributed by atoms with E-state index in [1.165, 1.54) is 0 Å². The summed E-state index contributed by atoms with van der Waals surface area (Å²) in [5.41, 5.74) is 3.20. The monoisotopic (exact) mass is 321 g/mol. The molecule has 24 heavy (non-hydrogen) atoms. The highest BCUT2D eigenvalue weighted by atomic mass is 16.5. The molecule has 122 valence electrons. The number of rotatable bonds is 2. The number of pyridine rings is 2. The molecule has 4 heterocycles. The highest BCUT2D eigenvalue weighted by molar-refractivity contribution is 5.75. The van der Waals surface area contributed by atoms with Gasteiger partial charge in [-0.2, -0.15) is 0 Å². The molecule has 0 unspecified atom stereocenters. The molecular formula is C18H19N5O. The molecule has 1 saturated heterocycles. The standard InChI is InChI=1S/C18H19N5O/c1-12-10-23(11-13(2)24-12)18-5-3-4-14(22-18)17-9-20-16-8-19-7-6-15(16)21-17/h3-9,12-13H,10-11H2,1-2H3/t12-,13+. The summed E-state index contributed by atoms with van der Waals surface area (Å²) >= 11 is 0. The van der Waals surface area contributed by atoms with Crippen LogP contribution in [0.1, 0.15) is 13.8 Å². The Morgan fingerprint density at radius 2 is 1.79 bits per heavy atom. The average Bonchev–Trinajstić information content (AvgIpc) is 2.60. The number of anilines is 1. The molecular weight excluding hydrogens is 302 g/mol. The van der Waals surface area contributed by atoms with Crippen molar-refractivity contribution in [2.24, 2.45) is 0 Å². The van der Waals surface area contributed by atoms with E-state index in [0.717, 1.165) is 41.3 Å². The quantitative estimate of drug-likeness (QED) is 0.723. The van der Waals surface area contributed by atoms with Gasteiger partial charge in [0, 0.05) is 19.3 Å². The Kier molecular flexibility index (Phi) is 3.82. The maximum absolute atomic E-state index is 5.80. The number of hydrogen-bond donors (Lipinski definition) is 0. The van der Waals surface area contributed by atoms with E-state index in [9.17, 15) is 0 Å². The van der Waals surface area contributed by atoms with Gasteiger partial charge < -0.3 is 9.64 Å². The van der Waals surface area contributed by atoms with Crippen molar-refractivity contribution >= 4 is 16.9 Å². The lowest BCUT2D eigenvalue weighted by molar-refractivity contribution is -0.00545. The fraction of sp³-hybridized carbons (Fsp3) is 0.333. The molecule has 1 aliphatic heterocycles. The summed E-state index contributed by atoms with van der Waals surface area (Å²) in [5.74, 6) is 0.950. The van der Waals surface area contributed by atoms with Crippen molar-refractivity contribution in [3.8, 4) is 11.4 Å². The fourth-order valence-corrected chi connectivity index (χ4v) is 3.09. The molecule has 0 amide bonds. The number of morpholine rings is 1. The van der Waals surface area contributed by atoms with Crippen molar-refractivity contribution < 1.29 is 4.74 Å². The van der Waals surface area contributed by atoms with Crippen LogP contribution in [0.25, 0.3) is 22.4 Å². The Hall–Kier alpha value is -2.60. The topological polar surface area (TPSA) is 64.0 Å². The van der Waals surface area contributed by atoms with Gasteiger partial charge in [0.05, 0.1) is 35.8 Å². The van der Waals surface area contributed by atoms with Crippen LogP contribution >= 0.6 is 0 Å². The Balaban J connectivity index is 1.68. The van der Waals surface area contributed by atoms with Crippen molar-refractivity contribution in [2.45, 2.75) is 26.1 Å². The number of ether oxygens (including phenoxy) is 1. The lowest BCUT2D eigenvalue weighted by Crippen LogP contribution is -2.45. The Labute approximate surface area is 140 Å². The van der Waals surface area contributed by atoms with Gasteiger partial charge in [-0.3, -0.25) is 9.97 Å². The van der Waals surface area contributed by atoms with Gasteiger partial charge in [0.25, 0.3) is 0 Å². The number of hydrogen-bond acceptors (Lipinski definition) is 6. The highest BCUT2D eigenvalue weighted by Gasteiger charge is 2.23. The van der Waals surface area contributed by atoms with Gasteiger partial charge >= 0.3 is 0 Å². The number of fused-ring (bicyclic) bond motifs is 1. The first-order valence-electron chi connectivity index (χ1n) is 8.13. The molecule has 3 aromatic heterocycles. The minimum Gasteiger partial charge on any atom is -0.372 e. The molecule has 1 aliphatic rings. The van der Waals surface area contributed by atoms with Crippen LogP contribution in [0, 0.1) is 0 Å². The minimum absolute atomic E-state index is 0.201. The SMILES string of the molecule is C[C@@H]1CN(c2cccc(-c3cnc4cnccc4n3)n2)C[C@H](C)O1. The maximum Gasteiger partial charge on any atom is 0.129 e. The van der Waals surface area contributed by atoms with Crippen molar-refractivity contribution in [3.63, 3.8) is 0 Å². The van der Waals surface area contributed by atoms with Gasteiger partial charge in [-0.1, -0.05) is 6.07 Å². The summed E-state index contributed by atoms with van der Waals surface area (Å²) < 4.78 is 5.80. The van der Waals surface area contributed by atoms with E-state index in [-0.39, 0.29) is 12.2 Å². The van der Waals surface area contributed by atoms with E-state index in [4.69, 9.17) is 9.72 Å². The normalized spacial score (nSPS) is 21.2. The Bertz CT molecular complexity index is 859. The molecule has 0 radical (unpaired) electrons. The van der Waals surface area contributed by atoms with Crippen LogP contribution in [-0.2, 0) is 4.74 Å². The molecule has 2 atom stereocenters. The molecule has 1 fully saturated rings. The molecule has 0 N–H and O–H groups in total. The summed E-state index contributed by atoms with van der Waals surface area (Å²) in [6.45, 7) is 5.87. The van der Waals surface area contributed by atoms with Crippen molar-refractivity contribution in [3.05, 3.63) is 42.9 Å². The second kappa shape index (κ2) is 6.13. The van der Waals surface area contributed by atoms with E-state index in [1.54, 1.807) is 18.6 Å². The molecule has 0 spiro atoms. The van der Waals surface area contributed by atoms with Crippen LogP contribution in [-0.4, -0.2) is 45.2 Å². The summed E-state index contributed by atoms with van der Waals surface area (Å²) in [6.07, 6.45) is 5.59. The lowest BCUT2D eigenvalue weighted by atomic mass is 10.2. The van der Waals surface area contributed by atoms with Crippen molar-refractivity contribution in [1.29, 1.82) is 0 Å². The molecule has 0 saturated carbocycles. The summed E-state index contributed by atoms with van der Waals surface area (Å²) in [7, 11) is 0. The molecule has 6 nitrogen and oxygen atoms in total. The first-order valence-corrected chi connectivity index (χ1v) is 8.13. The third-order valence-electron chi connectivity index (χ3n) is 4.08. The lowest BCUT2D eigenvalue weighted by Gasteiger charge is -2.36. The van der Waals surface area contributed by atoms with Gasteiger partial charge in [-0.15, -0.1) is 0 Å². The van der Waals surface area contributed by atoms with E-state index >= 15 is 0 Å². The van der Waals surface area contributed by atoms with E-state index in [2.05, 4.69) is 33.7 Å². The Morgan fingerprint density at radius 1 is 0.958 bits per heavy atom. The van der Waals surface area contributed by atoms with E-state index < -0.39 is 0 Å². The largest absolute Gasteiger partial charge is 0.372 e. The second-order valence-corrected chi connectivity index (χ2v) is 6.16. The van der Waals surface area contributed by atoms with Crippen LogP contribution in [0.5, 0.6) is 0 Å². The molecule has 3 aromatic rings. The zero-order valence-corrected chi connectivity index (χ0v) is 13.8. The summed E-state index contributed by atoms with van der Waals surface area (Å²) in [4.78, 5) is 20.2. The van der Waals surface area contributed by atoms with Gasteiger partial charge in [0.15, 0.2) is 0 Å². The first kappa shape index (κ1) is 15.0. The zero-order chi connectivity index (χ0) is 16.5. The smallest absolute Gasteiger partial charge is 0.129 e. The van der Waals surface area contributed by atoms with Crippen LogP contribution in [0.15, 0.2) is 42.9 Å². The van der Waals surface area contributed by atoms with Gasteiger partial charge in [0.2, 0.25) is 0 Å². The number of nitrogens with zero attached hydrogens (tertiary/aromatic N) is 5. The molecule has 6 heteroatoms. The van der Waals surface area contributed by atoms with Gasteiger partial charge in [0.1, 0.15) is 17.0 Å². The zero-order valence-electron chi connectivity index (χ0n) is 13.8. The fourth-order valence-electron chi connectivity index (χ4n) is 3.09. The third kappa shape index (κ3) is 2.92. The molecule has 0 bridgehead atoms. The summed E-state index contributed by atoms with van der Waals surface area (Å²) in [5, 5.41) is 0. The van der Waals surface area contributed by atoms with Crippen LogP contribution < -0.4 is 4.90 Å². The average molecular weight is 321 g/mol. The maximum atomic E-state index is 5.80. The molecule has 4 rings (SSSR count). The molecule has 0 aliphatic carbocycles. The number of aromatic nitrogens is 4. The van der Waals surface area contributed by atoms with Crippen molar-refractivity contribution in [1.82, 2.24) is 19.9 Å². The van der Waals surface area contributed by atoms with E-state index in [1.807, 2.05) is 24.3 Å². The summed E-state index contributed by atoms with van der Waals surface area (Å²) in [6, 6.07) is 7.88. The minimum atomic E-state index is 0.201. The van der Waals surface area contributed by atoms with Crippen LogP contribution in [0.4, 0.5) is 5.82 Å². The van der Waals surface area contributed by atoms with Crippen LogP contribution in [0.2, 0.25) is 0 Å². The predicted molar refractivity (Wildman–Crippen MR) is 92.8 cm³/mol. The Morgan fingerprint density at radius 3 is 2.62 bits per heavy atom. The second-order valence-electron chi connectivity index (χ2n) is 6.16. The predicted octanol–water partition coefficient (Wildman–Crippen LogP) is 2.70. The van der Waals surface area contributed by atoms with Gasteiger partial charge in [-0.25, -0.2) is 9.97 Å². The van der Waals surface area contributed by atoms with Gasteiger partial charge in [-0.05, 0) is 32.0 Å². The van der Waals surface area contributed by atoms with E-state index in [0.29, 0.717) is 0 Å². The van der Waals surface area contributed by atoms with Crippen LogP contribution in [0.3, 0.4) is 0 Å². The molecule has 0 aromatic carbocycles.